The van der Waals surface area contributed by atoms with Gasteiger partial charge in [0, 0.05) is 23.8 Å². The summed E-state index contributed by atoms with van der Waals surface area (Å²) in [5.41, 5.74) is 7.25. The number of hydrogen-bond acceptors (Lipinski definition) is 2. The van der Waals surface area contributed by atoms with Crippen molar-refractivity contribution >= 4 is 11.3 Å². The van der Waals surface area contributed by atoms with Crippen LogP contribution in [0.3, 0.4) is 0 Å². The van der Waals surface area contributed by atoms with Crippen molar-refractivity contribution in [2.75, 3.05) is 0 Å². The summed E-state index contributed by atoms with van der Waals surface area (Å²) in [4.78, 5) is 1.21. The Balaban J connectivity index is 2.33. The minimum atomic E-state index is 0.0139. The summed E-state index contributed by atoms with van der Waals surface area (Å²) >= 11 is 1.70. The van der Waals surface area contributed by atoms with Crippen LogP contribution in [-0.4, -0.2) is 4.57 Å². The first kappa shape index (κ1) is 8.53. The highest BCUT2D eigenvalue weighted by molar-refractivity contribution is 7.10. The van der Waals surface area contributed by atoms with E-state index in [1.807, 2.05) is 25.4 Å². The quantitative estimate of drug-likeness (QED) is 0.776. The Bertz CT molecular complexity index is 375. The van der Waals surface area contributed by atoms with Crippen molar-refractivity contribution in [2.24, 2.45) is 12.8 Å². The fourth-order valence-electron chi connectivity index (χ4n) is 1.41. The molecule has 13 heavy (non-hydrogen) atoms. The van der Waals surface area contributed by atoms with Crippen LogP contribution in [0.2, 0.25) is 0 Å². The van der Waals surface area contributed by atoms with Gasteiger partial charge in [-0.05, 0) is 23.6 Å². The Morgan fingerprint density at radius 1 is 1.38 bits per heavy atom. The van der Waals surface area contributed by atoms with E-state index in [4.69, 9.17) is 5.73 Å². The molecule has 0 aliphatic carbocycles. The number of hydrogen-bond donors (Lipinski definition) is 1. The molecule has 0 aliphatic heterocycles. The molecule has 1 atom stereocenters. The molecule has 0 radical (unpaired) electrons. The maximum atomic E-state index is 6.10. The average molecular weight is 192 g/mol. The normalized spacial score (nSPS) is 13.1. The molecule has 0 fully saturated rings. The highest BCUT2D eigenvalue weighted by atomic mass is 32.1. The van der Waals surface area contributed by atoms with E-state index >= 15 is 0 Å². The molecule has 0 saturated heterocycles. The van der Waals surface area contributed by atoms with Crippen molar-refractivity contribution in [1.29, 1.82) is 0 Å². The van der Waals surface area contributed by atoms with Crippen LogP contribution in [-0.2, 0) is 7.05 Å². The molecule has 2 nitrogen and oxygen atoms in total. The zero-order valence-corrected chi connectivity index (χ0v) is 8.29. The number of rotatable bonds is 2. The van der Waals surface area contributed by atoms with E-state index < -0.39 is 0 Å². The lowest BCUT2D eigenvalue weighted by atomic mass is 10.2. The number of aryl methyl sites for hydroxylation is 1. The van der Waals surface area contributed by atoms with Gasteiger partial charge < -0.3 is 10.3 Å². The first-order chi connectivity index (χ1) is 6.29. The van der Waals surface area contributed by atoms with Gasteiger partial charge in [-0.2, -0.15) is 0 Å². The van der Waals surface area contributed by atoms with Crippen molar-refractivity contribution in [1.82, 2.24) is 4.57 Å². The highest BCUT2D eigenvalue weighted by Gasteiger charge is 2.11. The average Bonchev–Trinajstić information content (AvgIpc) is 2.72. The summed E-state index contributed by atoms with van der Waals surface area (Å²) in [5.74, 6) is 0. The molecule has 0 aromatic carbocycles. The molecular formula is C10H12N2S. The van der Waals surface area contributed by atoms with Gasteiger partial charge in [0.1, 0.15) is 0 Å². The summed E-state index contributed by atoms with van der Waals surface area (Å²) in [6.07, 6.45) is 2.02. The predicted octanol–water partition coefficient (Wildman–Crippen LogP) is 2.13. The lowest BCUT2D eigenvalue weighted by molar-refractivity contribution is 0.756. The van der Waals surface area contributed by atoms with Crippen LogP contribution >= 0.6 is 11.3 Å². The molecule has 2 heterocycles. The fourth-order valence-corrected chi connectivity index (χ4v) is 2.15. The third-order valence-electron chi connectivity index (χ3n) is 2.15. The first-order valence-electron chi connectivity index (χ1n) is 4.19. The molecule has 3 heteroatoms. The van der Waals surface area contributed by atoms with Gasteiger partial charge in [-0.1, -0.05) is 6.07 Å². The standard InChI is InChI=1S/C10H12N2S/c1-12-6-2-4-8(12)10(11)9-5-3-7-13-9/h2-7,10H,11H2,1H3/t10-/m1/s1. The molecule has 0 unspecified atom stereocenters. The predicted molar refractivity (Wildman–Crippen MR) is 55.8 cm³/mol. The largest absolute Gasteiger partial charge is 0.353 e. The lowest BCUT2D eigenvalue weighted by Crippen LogP contribution is -2.13. The van der Waals surface area contributed by atoms with Crippen molar-refractivity contribution in [3.05, 3.63) is 46.4 Å². The van der Waals surface area contributed by atoms with Crippen molar-refractivity contribution in [2.45, 2.75) is 6.04 Å². The zero-order chi connectivity index (χ0) is 9.26. The Morgan fingerprint density at radius 2 is 2.23 bits per heavy atom. The molecule has 0 aliphatic rings. The Hall–Kier alpha value is -1.06. The van der Waals surface area contributed by atoms with Gasteiger partial charge in [0.15, 0.2) is 0 Å². The van der Waals surface area contributed by atoms with Gasteiger partial charge in [0.2, 0.25) is 0 Å². The molecule has 2 aromatic heterocycles. The Morgan fingerprint density at radius 3 is 2.77 bits per heavy atom. The Kier molecular flexibility index (Phi) is 2.20. The summed E-state index contributed by atoms with van der Waals surface area (Å²) in [6, 6.07) is 8.19. The molecule has 2 rings (SSSR count). The van der Waals surface area contributed by atoms with Crippen LogP contribution in [0.25, 0.3) is 0 Å². The zero-order valence-electron chi connectivity index (χ0n) is 7.47. The van der Waals surface area contributed by atoms with E-state index in [1.54, 1.807) is 11.3 Å². The van der Waals surface area contributed by atoms with Crippen molar-refractivity contribution < 1.29 is 0 Å². The number of nitrogens with zero attached hydrogens (tertiary/aromatic N) is 1. The van der Waals surface area contributed by atoms with Gasteiger partial charge in [-0.3, -0.25) is 0 Å². The maximum Gasteiger partial charge on any atom is 0.0799 e. The van der Waals surface area contributed by atoms with E-state index in [-0.39, 0.29) is 6.04 Å². The second-order valence-electron chi connectivity index (χ2n) is 3.04. The van der Waals surface area contributed by atoms with E-state index in [0.717, 1.165) is 5.69 Å². The van der Waals surface area contributed by atoms with E-state index in [1.165, 1.54) is 4.88 Å². The van der Waals surface area contributed by atoms with E-state index in [9.17, 15) is 0 Å². The van der Waals surface area contributed by atoms with Gasteiger partial charge in [-0.25, -0.2) is 0 Å². The van der Waals surface area contributed by atoms with E-state index in [2.05, 4.69) is 22.1 Å². The lowest BCUT2D eigenvalue weighted by Gasteiger charge is -2.10. The summed E-state index contributed by atoms with van der Waals surface area (Å²) < 4.78 is 2.06. The van der Waals surface area contributed by atoms with Crippen LogP contribution < -0.4 is 5.73 Å². The number of thiophene rings is 1. The van der Waals surface area contributed by atoms with Crippen LogP contribution in [0, 0.1) is 0 Å². The van der Waals surface area contributed by atoms with Crippen LogP contribution in [0.15, 0.2) is 35.8 Å². The minimum absolute atomic E-state index is 0.0139. The van der Waals surface area contributed by atoms with Crippen LogP contribution in [0.1, 0.15) is 16.6 Å². The summed E-state index contributed by atoms with van der Waals surface area (Å²) in [6.45, 7) is 0. The van der Waals surface area contributed by atoms with Crippen molar-refractivity contribution in [3.63, 3.8) is 0 Å². The van der Waals surface area contributed by atoms with Crippen molar-refractivity contribution in [3.8, 4) is 0 Å². The molecule has 2 N–H and O–H groups in total. The molecule has 68 valence electrons. The summed E-state index contributed by atoms with van der Waals surface area (Å²) in [5, 5.41) is 2.05. The third-order valence-corrected chi connectivity index (χ3v) is 3.11. The highest BCUT2D eigenvalue weighted by Crippen LogP contribution is 2.23. The van der Waals surface area contributed by atoms with Gasteiger partial charge in [0.25, 0.3) is 0 Å². The Labute approximate surface area is 81.6 Å². The van der Waals surface area contributed by atoms with Crippen LogP contribution in [0.4, 0.5) is 0 Å². The van der Waals surface area contributed by atoms with Crippen LogP contribution in [0.5, 0.6) is 0 Å². The van der Waals surface area contributed by atoms with Gasteiger partial charge >= 0.3 is 0 Å². The number of nitrogens with two attached hydrogens (primary N) is 1. The third kappa shape index (κ3) is 1.53. The molecule has 0 bridgehead atoms. The molecule has 0 spiro atoms. The second kappa shape index (κ2) is 3.36. The maximum absolute atomic E-state index is 6.10. The smallest absolute Gasteiger partial charge is 0.0799 e. The second-order valence-corrected chi connectivity index (χ2v) is 4.02. The van der Waals surface area contributed by atoms with Gasteiger partial charge in [0.05, 0.1) is 6.04 Å². The SMILES string of the molecule is Cn1cccc1[C@@H](N)c1cccs1. The monoisotopic (exact) mass is 192 g/mol. The molecular weight excluding hydrogens is 180 g/mol. The molecule has 0 amide bonds. The van der Waals surface area contributed by atoms with Gasteiger partial charge in [-0.15, -0.1) is 11.3 Å². The van der Waals surface area contributed by atoms with E-state index in [0.29, 0.717) is 0 Å². The number of aromatic nitrogens is 1. The molecule has 2 aromatic rings. The topological polar surface area (TPSA) is 30.9 Å². The fraction of sp³-hybridized carbons (Fsp3) is 0.200. The summed E-state index contributed by atoms with van der Waals surface area (Å²) in [7, 11) is 2.02. The molecule has 0 saturated carbocycles. The first-order valence-corrected chi connectivity index (χ1v) is 5.07. The minimum Gasteiger partial charge on any atom is -0.353 e.